The Kier molecular flexibility index (Phi) is 6.06. The fraction of sp³-hybridized carbons (Fsp3) is 0.500. The molecule has 21 heavy (non-hydrogen) atoms. The summed E-state index contributed by atoms with van der Waals surface area (Å²) >= 11 is 0. The average molecular weight is 290 g/mol. The molecule has 1 aromatic rings. The molecule has 0 fully saturated rings. The van der Waals surface area contributed by atoms with Gasteiger partial charge in [-0.2, -0.15) is 0 Å². The van der Waals surface area contributed by atoms with Gasteiger partial charge >= 0.3 is 0 Å². The number of benzene rings is 1. The molecule has 2 amide bonds. The van der Waals surface area contributed by atoms with Crippen molar-refractivity contribution in [2.24, 2.45) is 0 Å². The van der Waals surface area contributed by atoms with E-state index in [0.717, 1.165) is 30.6 Å². The number of fused-ring (bicyclic) bond motifs is 2. The highest BCUT2D eigenvalue weighted by Gasteiger charge is 2.07. The second kappa shape index (κ2) is 8.29. The average Bonchev–Trinajstić information content (AvgIpc) is 2.48. The van der Waals surface area contributed by atoms with Crippen LogP contribution in [0.2, 0.25) is 0 Å². The van der Waals surface area contributed by atoms with E-state index in [4.69, 9.17) is 4.74 Å². The van der Waals surface area contributed by atoms with Gasteiger partial charge in [-0.3, -0.25) is 9.59 Å². The fourth-order valence-corrected chi connectivity index (χ4v) is 2.19. The SMILES string of the molecule is O=C1CCC(=O)NCCc2cccc(c2)OCCCCN1. The molecule has 2 bridgehead atoms. The molecule has 0 aromatic heterocycles. The Labute approximate surface area is 125 Å². The van der Waals surface area contributed by atoms with Crippen LogP contribution in [0, 0.1) is 0 Å². The van der Waals surface area contributed by atoms with Gasteiger partial charge < -0.3 is 15.4 Å². The second-order valence-electron chi connectivity index (χ2n) is 5.15. The summed E-state index contributed by atoms with van der Waals surface area (Å²) < 4.78 is 5.70. The maximum absolute atomic E-state index is 11.6. The summed E-state index contributed by atoms with van der Waals surface area (Å²) in [7, 11) is 0. The molecule has 0 saturated carbocycles. The number of hydrogen-bond acceptors (Lipinski definition) is 3. The van der Waals surface area contributed by atoms with Gasteiger partial charge in [0.05, 0.1) is 6.61 Å². The molecule has 0 spiro atoms. The van der Waals surface area contributed by atoms with Crippen molar-refractivity contribution in [2.45, 2.75) is 32.1 Å². The first kappa shape index (κ1) is 15.4. The number of rotatable bonds is 0. The van der Waals surface area contributed by atoms with Crippen LogP contribution in [-0.4, -0.2) is 31.5 Å². The molecule has 114 valence electrons. The van der Waals surface area contributed by atoms with Gasteiger partial charge in [-0.1, -0.05) is 12.1 Å². The first-order chi connectivity index (χ1) is 10.2. The molecule has 0 radical (unpaired) electrons. The minimum absolute atomic E-state index is 0.0663. The van der Waals surface area contributed by atoms with E-state index in [-0.39, 0.29) is 24.7 Å². The van der Waals surface area contributed by atoms with Crippen molar-refractivity contribution in [3.63, 3.8) is 0 Å². The summed E-state index contributed by atoms with van der Waals surface area (Å²) in [6.45, 7) is 1.85. The lowest BCUT2D eigenvalue weighted by atomic mass is 10.1. The van der Waals surface area contributed by atoms with E-state index < -0.39 is 0 Å². The first-order valence-corrected chi connectivity index (χ1v) is 7.49. The van der Waals surface area contributed by atoms with Crippen molar-refractivity contribution < 1.29 is 14.3 Å². The summed E-state index contributed by atoms with van der Waals surface area (Å²) in [5.41, 5.74) is 1.14. The lowest BCUT2D eigenvalue weighted by Gasteiger charge is -2.10. The molecular weight excluding hydrogens is 268 g/mol. The van der Waals surface area contributed by atoms with Gasteiger partial charge in [-0.05, 0) is 37.0 Å². The van der Waals surface area contributed by atoms with Crippen LogP contribution in [-0.2, 0) is 16.0 Å². The van der Waals surface area contributed by atoms with E-state index in [9.17, 15) is 9.59 Å². The van der Waals surface area contributed by atoms with Crippen LogP contribution >= 0.6 is 0 Å². The van der Waals surface area contributed by atoms with E-state index in [1.54, 1.807) is 0 Å². The van der Waals surface area contributed by atoms with Crippen molar-refractivity contribution in [2.75, 3.05) is 19.7 Å². The topological polar surface area (TPSA) is 67.4 Å². The third kappa shape index (κ3) is 5.85. The van der Waals surface area contributed by atoms with Crippen molar-refractivity contribution in [1.29, 1.82) is 0 Å². The van der Waals surface area contributed by atoms with Gasteiger partial charge in [-0.25, -0.2) is 0 Å². The number of nitrogens with one attached hydrogen (secondary N) is 2. The highest BCUT2D eigenvalue weighted by atomic mass is 16.5. The Bertz CT molecular complexity index is 488. The van der Waals surface area contributed by atoms with E-state index in [2.05, 4.69) is 10.6 Å². The maximum atomic E-state index is 11.6. The molecule has 2 N–H and O–H groups in total. The lowest BCUT2D eigenvalue weighted by Crippen LogP contribution is -2.29. The molecule has 0 aliphatic carbocycles. The molecule has 0 saturated heterocycles. The fourth-order valence-electron chi connectivity index (χ4n) is 2.19. The molecule has 5 nitrogen and oxygen atoms in total. The first-order valence-electron chi connectivity index (χ1n) is 7.49. The van der Waals surface area contributed by atoms with Gasteiger partial charge in [0, 0.05) is 25.9 Å². The molecule has 2 rings (SSSR count). The van der Waals surface area contributed by atoms with E-state index >= 15 is 0 Å². The summed E-state index contributed by atoms with van der Waals surface area (Å²) in [6, 6.07) is 7.94. The molecule has 0 unspecified atom stereocenters. The van der Waals surface area contributed by atoms with Crippen molar-refractivity contribution in [3.8, 4) is 5.75 Å². The zero-order chi connectivity index (χ0) is 14.9. The second-order valence-corrected chi connectivity index (χ2v) is 5.15. The molecule has 1 aromatic carbocycles. The lowest BCUT2D eigenvalue weighted by molar-refractivity contribution is -0.126. The summed E-state index contributed by atoms with van der Waals surface area (Å²) in [6.07, 6.45) is 3.02. The predicted octanol–water partition coefficient (Wildman–Crippen LogP) is 1.41. The number of ether oxygens (including phenoxy) is 1. The molecule has 1 heterocycles. The van der Waals surface area contributed by atoms with E-state index in [1.807, 2.05) is 24.3 Å². The molecule has 0 atom stereocenters. The van der Waals surface area contributed by atoms with Crippen LogP contribution in [0.4, 0.5) is 0 Å². The van der Waals surface area contributed by atoms with Crippen LogP contribution in [0.1, 0.15) is 31.2 Å². The summed E-state index contributed by atoms with van der Waals surface area (Å²) in [5.74, 6) is 0.711. The van der Waals surface area contributed by atoms with Crippen LogP contribution in [0.5, 0.6) is 5.75 Å². The zero-order valence-corrected chi connectivity index (χ0v) is 12.2. The Morgan fingerprint density at radius 3 is 2.48 bits per heavy atom. The van der Waals surface area contributed by atoms with Crippen molar-refractivity contribution in [1.82, 2.24) is 10.6 Å². The number of carbonyl (C=O) groups is 2. The molecule has 1 aliphatic rings. The van der Waals surface area contributed by atoms with Gasteiger partial charge in [0.25, 0.3) is 0 Å². The van der Waals surface area contributed by atoms with E-state index in [0.29, 0.717) is 19.7 Å². The van der Waals surface area contributed by atoms with E-state index in [1.165, 1.54) is 0 Å². The minimum atomic E-state index is -0.0790. The number of amides is 2. The third-order valence-corrected chi connectivity index (χ3v) is 3.38. The number of carbonyl (C=O) groups excluding carboxylic acids is 2. The quantitative estimate of drug-likeness (QED) is 0.759. The van der Waals surface area contributed by atoms with Crippen molar-refractivity contribution >= 4 is 11.8 Å². The van der Waals surface area contributed by atoms with Crippen LogP contribution in [0.25, 0.3) is 0 Å². The third-order valence-electron chi connectivity index (χ3n) is 3.38. The van der Waals surface area contributed by atoms with Crippen LogP contribution < -0.4 is 15.4 Å². The highest BCUT2D eigenvalue weighted by Crippen LogP contribution is 2.14. The van der Waals surface area contributed by atoms with Gasteiger partial charge in [-0.15, -0.1) is 0 Å². The Balaban J connectivity index is 1.93. The molecule has 5 heteroatoms. The monoisotopic (exact) mass is 290 g/mol. The largest absolute Gasteiger partial charge is 0.494 e. The Morgan fingerprint density at radius 1 is 0.905 bits per heavy atom. The molecular formula is C16H22N2O3. The normalized spacial score (nSPS) is 18.3. The van der Waals surface area contributed by atoms with Crippen LogP contribution in [0.3, 0.4) is 0 Å². The Hall–Kier alpha value is -2.04. The highest BCUT2D eigenvalue weighted by molar-refractivity contribution is 5.83. The molecule has 1 aliphatic heterocycles. The summed E-state index contributed by atoms with van der Waals surface area (Å²) in [4.78, 5) is 23.2. The smallest absolute Gasteiger partial charge is 0.220 e. The Morgan fingerprint density at radius 2 is 1.67 bits per heavy atom. The summed E-state index contributed by atoms with van der Waals surface area (Å²) in [5, 5.41) is 5.65. The maximum Gasteiger partial charge on any atom is 0.220 e. The van der Waals surface area contributed by atoms with Gasteiger partial charge in [0.15, 0.2) is 0 Å². The predicted molar refractivity (Wildman–Crippen MR) is 80.1 cm³/mol. The number of hydrogen-bond donors (Lipinski definition) is 2. The zero-order valence-electron chi connectivity index (χ0n) is 12.2. The minimum Gasteiger partial charge on any atom is -0.494 e. The van der Waals surface area contributed by atoms with Gasteiger partial charge in [0.2, 0.25) is 11.8 Å². The standard InChI is InChI=1S/C16H22N2O3/c19-15-6-7-16(20)18-10-8-13-4-3-5-14(12-13)21-11-2-1-9-17-15/h3-5,12H,1-2,6-11H2,(H,17,19)(H,18,20). The van der Waals surface area contributed by atoms with Gasteiger partial charge in [0.1, 0.15) is 5.75 Å². The van der Waals surface area contributed by atoms with Crippen LogP contribution in [0.15, 0.2) is 24.3 Å². The van der Waals surface area contributed by atoms with Crippen molar-refractivity contribution in [3.05, 3.63) is 29.8 Å².